The van der Waals surface area contributed by atoms with E-state index in [-0.39, 0.29) is 5.54 Å². The predicted molar refractivity (Wildman–Crippen MR) is 92.7 cm³/mol. The number of para-hydroxylation sites is 1. The van der Waals surface area contributed by atoms with Crippen molar-refractivity contribution in [2.45, 2.75) is 58.4 Å². The molecule has 1 fully saturated rings. The molecule has 2 rings (SSSR count). The summed E-state index contributed by atoms with van der Waals surface area (Å²) in [5, 5.41) is 0. The van der Waals surface area contributed by atoms with E-state index in [2.05, 4.69) is 56.0 Å². The van der Waals surface area contributed by atoms with Crippen LogP contribution in [-0.4, -0.2) is 18.6 Å². The van der Waals surface area contributed by atoms with Crippen molar-refractivity contribution >= 4 is 5.69 Å². The lowest BCUT2D eigenvalue weighted by molar-refractivity contribution is 0.139. The summed E-state index contributed by atoms with van der Waals surface area (Å²) in [6.45, 7) is 8.97. The second kappa shape index (κ2) is 7.31. The molecular weight excluding hydrogens is 256 g/mol. The fourth-order valence-electron chi connectivity index (χ4n) is 4.05. The summed E-state index contributed by atoms with van der Waals surface area (Å²) in [6.07, 6.45) is 6.34. The maximum Gasteiger partial charge on any atom is 0.0552 e. The highest BCUT2D eigenvalue weighted by atomic mass is 15.2. The number of hydrogen-bond acceptors (Lipinski definition) is 2. The van der Waals surface area contributed by atoms with Crippen LogP contribution in [0, 0.1) is 11.8 Å². The predicted octanol–water partition coefficient (Wildman–Crippen LogP) is 4.45. The van der Waals surface area contributed by atoms with E-state index in [9.17, 15) is 0 Å². The number of nitrogens with two attached hydrogens (primary N) is 1. The fraction of sp³-hybridized carbons (Fsp3) is 0.684. The van der Waals surface area contributed by atoms with Crippen molar-refractivity contribution in [3.63, 3.8) is 0 Å². The van der Waals surface area contributed by atoms with Crippen LogP contribution in [0.4, 0.5) is 5.69 Å². The van der Waals surface area contributed by atoms with E-state index in [1.807, 2.05) is 0 Å². The summed E-state index contributed by atoms with van der Waals surface area (Å²) >= 11 is 0. The highest BCUT2D eigenvalue weighted by Gasteiger charge is 2.44. The van der Waals surface area contributed by atoms with Crippen molar-refractivity contribution in [3.8, 4) is 0 Å². The number of anilines is 1. The van der Waals surface area contributed by atoms with Gasteiger partial charge in [0.05, 0.1) is 5.54 Å². The topological polar surface area (TPSA) is 29.3 Å². The Labute approximate surface area is 130 Å². The van der Waals surface area contributed by atoms with Crippen LogP contribution in [0.2, 0.25) is 0 Å². The Balaban J connectivity index is 2.36. The standard InChI is InChI=1S/C19H32N2/c1-4-5-14-21(18-11-7-6-8-12-18)19(15-20)13-9-10-16(2)17(19)3/h6-8,11-12,16-17H,4-5,9-10,13-15,20H2,1-3H3. The molecule has 0 aliphatic heterocycles. The number of benzene rings is 1. The zero-order valence-electron chi connectivity index (χ0n) is 14.0. The molecule has 3 unspecified atom stereocenters. The fourth-order valence-corrected chi connectivity index (χ4v) is 4.05. The van der Waals surface area contributed by atoms with Crippen molar-refractivity contribution in [2.75, 3.05) is 18.0 Å². The monoisotopic (exact) mass is 288 g/mol. The average Bonchev–Trinajstić information content (AvgIpc) is 2.52. The molecule has 118 valence electrons. The molecule has 0 heterocycles. The lowest BCUT2D eigenvalue weighted by Gasteiger charge is -2.53. The largest absolute Gasteiger partial charge is 0.364 e. The Morgan fingerprint density at radius 1 is 1.24 bits per heavy atom. The molecule has 1 aliphatic carbocycles. The van der Waals surface area contributed by atoms with E-state index < -0.39 is 0 Å². The minimum absolute atomic E-state index is 0.133. The van der Waals surface area contributed by atoms with E-state index in [0.717, 1.165) is 19.0 Å². The van der Waals surface area contributed by atoms with Crippen molar-refractivity contribution in [2.24, 2.45) is 17.6 Å². The Bertz CT molecular complexity index is 417. The van der Waals surface area contributed by atoms with Gasteiger partial charge in [0.25, 0.3) is 0 Å². The van der Waals surface area contributed by atoms with Crippen molar-refractivity contribution in [3.05, 3.63) is 30.3 Å². The summed E-state index contributed by atoms with van der Waals surface area (Å²) in [7, 11) is 0. The number of unbranched alkanes of at least 4 members (excludes halogenated alkanes) is 1. The molecule has 0 bridgehead atoms. The van der Waals surface area contributed by atoms with Gasteiger partial charge >= 0.3 is 0 Å². The van der Waals surface area contributed by atoms with Gasteiger partial charge in [-0.25, -0.2) is 0 Å². The summed E-state index contributed by atoms with van der Waals surface area (Å²) in [5.41, 5.74) is 7.84. The third kappa shape index (κ3) is 3.26. The quantitative estimate of drug-likeness (QED) is 0.838. The molecule has 0 amide bonds. The first-order chi connectivity index (χ1) is 10.2. The number of nitrogens with zero attached hydrogens (tertiary/aromatic N) is 1. The van der Waals surface area contributed by atoms with Crippen LogP contribution in [0.3, 0.4) is 0 Å². The average molecular weight is 288 g/mol. The molecule has 3 atom stereocenters. The van der Waals surface area contributed by atoms with Crippen molar-refractivity contribution < 1.29 is 0 Å². The molecule has 1 aliphatic rings. The molecule has 0 spiro atoms. The molecule has 1 saturated carbocycles. The molecule has 0 radical (unpaired) electrons. The van der Waals surface area contributed by atoms with Gasteiger partial charge in [-0.3, -0.25) is 0 Å². The second-order valence-electron chi connectivity index (χ2n) is 6.81. The molecule has 21 heavy (non-hydrogen) atoms. The Hall–Kier alpha value is -1.02. The first kappa shape index (κ1) is 16.4. The van der Waals surface area contributed by atoms with E-state index in [1.165, 1.54) is 37.8 Å². The lowest BCUT2D eigenvalue weighted by atomic mass is 9.67. The zero-order chi connectivity index (χ0) is 15.3. The van der Waals surface area contributed by atoms with E-state index in [4.69, 9.17) is 5.73 Å². The first-order valence-corrected chi connectivity index (χ1v) is 8.68. The van der Waals surface area contributed by atoms with Gasteiger partial charge < -0.3 is 10.6 Å². The number of rotatable bonds is 6. The normalized spacial score (nSPS) is 29.3. The van der Waals surface area contributed by atoms with Gasteiger partial charge in [0.15, 0.2) is 0 Å². The molecule has 2 nitrogen and oxygen atoms in total. The lowest BCUT2D eigenvalue weighted by Crippen LogP contribution is -2.61. The van der Waals surface area contributed by atoms with Crippen LogP contribution in [0.1, 0.15) is 52.9 Å². The third-order valence-electron chi connectivity index (χ3n) is 5.66. The molecule has 2 N–H and O–H groups in total. The smallest absolute Gasteiger partial charge is 0.0552 e. The van der Waals surface area contributed by atoms with Crippen LogP contribution in [0.25, 0.3) is 0 Å². The van der Waals surface area contributed by atoms with Crippen molar-refractivity contribution in [1.82, 2.24) is 0 Å². The molecule has 1 aromatic rings. The van der Waals surface area contributed by atoms with E-state index in [1.54, 1.807) is 0 Å². The Morgan fingerprint density at radius 3 is 2.57 bits per heavy atom. The molecular formula is C19H32N2. The van der Waals surface area contributed by atoms with Gasteiger partial charge in [0.2, 0.25) is 0 Å². The number of hydrogen-bond donors (Lipinski definition) is 1. The molecule has 0 saturated heterocycles. The zero-order valence-corrected chi connectivity index (χ0v) is 14.0. The first-order valence-electron chi connectivity index (χ1n) is 8.68. The molecule has 1 aromatic carbocycles. The Morgan fingerprint density at radius 2 is 1.95 bits per heavy atom. The summed E-state index contributed by atoms with van der Waals surface area (Å²) in [5.74, 6) is 1.41. The third-order valence-corrected chi connectivity index (χ3v) is 5.66. The van der Waals surface area contributed by atoms with Crippen LogP contribution in [0.5, 0.6) is 0 Å². The molecule has 2 heteroatoms. The van der Waals surface area contributed by atoms with Gasteiger partial charge in [-0.1, -0.05) is 58.2 Å². The van der Waals surface area contributed by atoms with Gasteiger partial charge in [0.1, 0.15) is 0 Å². The minimum atomic E-state index is 0.133. The van der Waals surface area contributed by atoms with Crippen molar-refractivity contribution in [1.29, 1.82) is 0 Å². The second-order valence-corrected chi connectivity index (χ2v) is 6.81. The van der Waals surface area contributed by atoms with Crippen LogP contribution < -0.4 is 10.6 Å². The maximum absolute atomic E-state index is 6.36. The maximum atomic E-state index is 6.36. The molecule has 0 aromatic heterocycles. The Kier molecular flexibility index (Phi) is 5.69. The SMILES string of the molecule is CCCCN(c1ccccc1)C1(CN)CCCC(C)C1C. The van der Waals surface area contributed by atoms with Gasteiger partial charge in [-0.15, -0.1) is 0 Å². The summed E-state index contributed by atoms with van der Waals surface area (Å²) in [6, 6.07) is 10.9. The van der Waals surface area contributed by atoms with E-state index in [0.29, 0.717) is 5.92 Å². The highest BCUT2D eigenvalue weighted by Crippen LogP contribution is 2.43. The summed E-state index contributed by atoms with van der Waals surface area (Å²) < 4.78 is 0. The van der Waals surface area contributed by atoms with Crippen LogP contribution in [-0.2, 0) is 0 Å². The summed E-state index contributed by atoms with van der Waals surface area (Å²) in [4.78, 5) is 2.64. The van der Waals surface area contributed by atoms with Crippen LogP contribution >= 0.6 is 0 Å². The van der Waals surface area contributed by atoms with E-state index >= 15 is 0 Å². The highest BCUT2D eigenvalue weighted by molar-refractivity contribution is 5.49. The van der Waals surface area contributed by atoms with Crippen LogP contribution in [0.15, 0.2) is 30.3 Å². The minimum Gasteiger partial charge on any atom is -0.364 e. The van der Waals surface area contributed by atoms with Gasteiger partial charge in [-0.2, -0.15) is 0 Å². The van der Waals surface area contributed by atoms with Gasteiger partial charge in [-0.05, 0) is 36.8 Å². The van der Waals surface area contributed by atoms with Gasteiger partial charge in [0, 0.05) is 18.8 Å².